The molecule has 0 saturated heterocycles. The summed E-state index contributed by atoms with van der Waals surface area (Å²) in [6.45, 7) is 3.56. The molecule has 3 nitrogen and oxygen atoms in total. The van der Waals surface area contributed by atoms with Crippen LogP contribution in [0.1, 0.15) is 31.7 Å². The van der Waals surface area contributed by atoms with Gasteiger partial charge >= 0.3 is 0 Å². The van der Waals surface area contributed by atoms with Gasteiger partial charge in [-0.15, -0.1) is 0 Å². The van der Waals surface area contributed by atoms with Gasteiger partial charge in [-0.3, -0.25) is 4.99 Å². The minimum atomic E-state index is 0.650. The van der Waals surface area contributed by atoms with Gasteiger partial charge in [0.2, 0.25) is 5.88 Å². The zero-order valence-corrected chi connectivity index (χ0v) is 9.07. The fourth-order valence-corrected chi connectivity index (χ4v) is 1.78. The highest BCUT2D eigenvalue weighted by atomic mass is 16.5. The maximum Gasteiger partial charge on any atom is 0.222 e. The molecule has 0 unspecified atom stereocenters. The van der Waals surface area contributed by atoms with Crippen molar-refractivity contribution in [2.75, 3.05) is 13.2 Å². The predicted molar refractivity (Wildman–Crippen MR) is 60.7 cm³/mol. The van der Waals surface area contributed by atoms with Crippen molar-refractivity contribution in [3.05, 3.63) is 23.9 Å². The second-order valence-corrected chi connectivity index (χ2v) is 3.57. The maximum absolute atomic E-state index is 5.50. The van der Waals surface area contributed by atoms with Crippen LogP contribution in [0.5, 0.6) is 5.88 Å². The van der Waals surface area contributed by atoms with Gasteiger partial charge in [-0.05, 0) is 38.3 Å². The van der Waals surface area contributed by atoms with Gasteiger partial charge in [-0.1, -0.05) is 0 Å². The van der Waals surface area contributed by atoms with E-state index in [1.165, 1.54) is 12.8 Å². The topological polar surface area (TPSA) is 34.5 Å². The highest BCUT2D eigenvalue weighted by Crippen LogP contribution is 2.20. The van der Waals surface area contributed by atoms with Crippen molar-refractivity contribution < 1.29 is 4.74 Å². The van der Waals surface area contributed by atoms with E-state index in [0.29, 0.717) is 6.61 Å². The number of aromatic nitrogens is 1. The molecule has 2 rings (SSSR count). The van der Waals surface area contributed by atoms with Crippen molar-refractivity contribution in [3.63, 3.8) is 0 Å². The maximum atomic E-state index is 5.50. The Morgan fingerprint density at radius 2 is 2.33 bits per heavy atom. The van der Waals surface area contributed by atoms with E-state index in [1.54, 1.807) is 6.20 Å². The first kappa shape index (κ1) is 10.1. The summed E-state index contributed by atoms with van der Waals surface area (Å²) in [6.07, 6.45) is 5.23. The Balaban J connectivity index is 2.29. The first-order valence-electron chi connectivity index (χ1n) is 5.53. The van der Waals surface area contributed by atoms with Crippen molar-refractivity contribution in [1.82, 2.24) is 4.98 Å². The van der Waals surface area contributed by atoms with E-state index in [1.807, 2.05) is 19.1 Å². The molecule has 0 saturated carbocycles. The molecule has 0 atom stereocenters. The minimum absolute atomic E-state index is 0.650. The Hall–Kier alpha value is -1.38. The van der Waals surface area contributed by atoms with Crippen LogP contribution in [0.25, 0.3) is 0 Å². The van der Waals surface area contributed by atoms with E-state index in [-0.39, 0.29) is 0 Å². The fourth-order valence-electron chi connectivity index (χ4n) is 1.78. The first-order valence-corrected chi connectivity index (χ1v) is 5.53. The van der Waals surface area contributed by atoms with Crippen LogP contribution in [0.2, 0.25) is 0 Å². The van der Waals surface area contributed by atoms with Crippen LogP contribution in [0, 0.1) is 0 Å². The number of nitrogens with zero attached hydrogens (tertiary/aromatic N) is 2. The molecule has 0 amide bonds. The molecule has 0 aromatic carbocycles. The van der Waals surface area contributed by atoms with Gasteiger partial charge in [0.05, 0.1) is 12.2 Å². The summed E-state index contributed by atoms with van der Waals surface area (Å²) < 4.78 is 5.50. The van der Waals surface area contributed by atoms with E-state index in [4.69, 9.17) is 4.74 Å². The molecule has 2 heterocycles. The number of ether oxygens (including phenoxy) is 1. The molecule has 0 fully saturated rings. The Labute approximate surface area is 90.2 Å². The fraction of sp³-hybridized carbons (Fsp3) is 0.500. The smallest absolute Gasteiger partial charge is 0.222 e. The lowest BCUT2D eigenvalue weighted by molar-refractivity contribution is 0.326. The van der Waals surface area contributed by atoms with Gasteiger partial charge in [0.15, 0.2) is 0 Å². The van der Waals surface area contributed by atoms with Crippen molar-refractivity contribution in [2.45, 2.75) is 26.2 Å². The SMILES string of the molecule is CCOc1ncccc1C1=NCCCC1. The van der Waals surface area contributed by atoms with E-state index in [0.717, 1.165) is 30.1 Å². The third-order valence-electron chi connectivity index (χ3n) is 2.49. The van der Waals surface area contributed by atoms with Gasteiger partial charge in [-0.2, -0.15) is 0 Å². The van der Waals surface area contributed by atoms with Gasteiger partial charge in [-0.25, -0.2) is 4.98 Å². The van der Waals surface area contributed by atoms with E-state index in [2.05, 4.69) is 9.98 Å². The average molecular weight is 204 g/mol. The lowest BCUT2D eigenvalue weighted by Gasteiger charge is -2.14. The summed E-state index contributed by atoms with van der Waals surface area (Å²) in [7, 11) is 0. The quantitative estimate of drug-likeness (QED) is 0.758. The molecule has 0 spiro atoms. The number of rotatable bonds is 3. The molecule has 0 radical (unpaired) electrons. The number of pyridine rings is 1. The van der Waals surface area contributed by atoms with Crippen LogP contribution in [-0.4, -0.2) is 23.8 Å². The van der Waals surface area contributed by atoms with Gasteiger partial charge in [0.1, 0.15) is 0 Å². The third-order valence-corrected chi connectivity index (χ3v) is 2.49. The van der Waals surface area contributed by atoms with Crippen LogP contribution >= 0.6 is 0 Å². The molecule has 1 aromatic rings. The van der Waals surface area contributed by atoms with Crippen molar-refractivity contribution in [3.8, 4) is 5.88 Å². The summed E-state index contributed by atoms with van der Waals surface area (Å²) in [4.78, 5) is 8.78. The molecule has 0 aliphatic carbocycles. The summed E-state index contributed by atoms with van der Waals surface area (Å²) in [5, 5.41) is 0. The Bertz CT molecular complexity index is 360. The Kier molecular flexibility index (Phi) is 3.33. The van der Waals surface area contributed by atoms with Gasteiger partial charge in [0, 0.05) is 18.5 Å². The van der Waals surface area contributed by atoms with Gasteiger partial charge in [0.25, 0.3) is 0 Å². The molecule has 15 heavy (non-hydrogen) atoms. The molecule has 3 heteroatoms. The number of aliphatic imine (C=N–C) groups is 1. The predicted octanol–water partition coefficient (Wildman–Crippen LogP) is 2.45. The Morgan fingerprint density at radius 1 is 1.40 bits per heavy atom. The zero-order chi connectivity index (χ0) is 10.5. The molecule has 1 aromatic heterocycles. The standard InChI is InChI=1S/C12H16N2O/c1-2-15-12-10(6-5-9-14-12)11-7-3-4-8-13-11/h5-6,9H,2-4,7-8H2,1H3. The summed E-state index contributed by atoms with van der Waals surface area (Å²) in [6, 6.07) is 3.98. The van der Waals surface area contributed by atoms with Crippen LogP contribution < -0.4 is 4.74 Å². The monoisotopic (exact) mass is 204 g/mol. The highest BCUT2D eigenvalue weighted by molar-refractivity contribution is 6.02. The number of hydrogen-bond donors (Lipinski definition) is 0. The summed E-state index contributed by atoms with van der Waals surface area (Å²) in [5.74, 6) is 0.723. The average Bonchev–Trinajstić information content (AvgIpc) is 2.31. The third kappa shape index (κ3) is 2.35. The lowest BCUT2D eigenvalue weighted by Crippen LogP contribution is -2.10. The normalized spacial score (nSPS) is 15.9. The summed E-state index contributed by atoms with van der Waals surface area (Å²) in [5.41, 5.74) is 2.22. The van der Waals surface area contributed by atoms with Crippen LogP contribution in [-0.2, 0) is 0 Å². The second kappa shape index (κ2) is 4.91. The van der Waals surface area contributed by atoms with Gasteiger partial charge < -0.3 is 4.74 Å². The Morgan fingerprint density at radius 3 is 3.07 bits per heavy atom. The molecule has 80 valence electrons. The van der Waals surface area contributed by atoms with Crippen molar-refractivity contribution in [1.29, 1.82) is 0 Å². The largest absolute Gasteiger partial charge is 0.477 e. The first-order chi connectivity index (χ1) is 7.42. The van der Waals surface area contributed by atoms with Crippen LogP contribution in [0.3, 0.4) is 0 Å². The highest BCUT2D eigenvalue weighted by Gasteiger charge is 2.13. The summed E-state index contributed by atoms with van der Waals surface area (Å²) >= 11 is 0. The van der Waals surface area contributed by atoms with E-state index in [9.17, 15) is 0 Å². The molecular formula is C12H16N2O. The molecule has 1 aliphatic heterocycles. The minimum Gasteiger partial charge on any atom is -0.477 e. The van der Waals surface area contributed by atoms with Crippen LogP contribution in [0.15, 0.2) is 23.3 Å². The lowest BCUT2D eigenvalue weighted by atomic mass is 10.0. The van der Waals surface area contributed by atoms with E-state index >= 15 is 0 Å². The van der Waals surface area contributed by atoms with Crippen LogP contribution in [0.4, 0.5) is 0 Å². The number of hydrogen-bond acceptors (Lipinski definition) is 3. The van der Waals surface area contributed by atoms with Crippen molar-refractivity contribution >= 4 is 5.71 Å². The molecular weight excluding hydrogens is 188 g/mol. The molecule has 0 bridgehead atoms. The van der Waals surface area contributed by atoms with Crippen molar-refractivity contribution in [2.24, 2.45) is 4.99 Å². The zero-order valence-electron chi connectivity index (χ0n) is 9.07. The molecule has 1 aliphatic rings. The van der Waals surface area contributed by atoms with E-state index < -0.39 is 0 Å². The second-order valence-electron chi connectivity index (χ2n) is 3.57. The molecule has 0 N–H and O–H groups in total.